The highest BCUT2D eigenvalue weighted by Crippen LogP contribution is 2.26. The van der Waals surface area contributed by atoms with E-state index < -0.39 is 46.7 Å². The van der Waals surface area contributed by atoms with E-state index in [-0.39, 0.29) is 5.22 Å². The van der Waals surface area contributed by atoms with Gasteiger partial charge in [-0.1, -0.05) is 29.5 Å². The molecule has 3 aromatic rings. The van der Waals surface area contributed by atoms with Crippen LogP contribution < -0.4 is 10.6 Å². The number of benzene rings is 2. The number of aromatic nitrogens is 2. The van der Waals surface area contributed by atoms with E-state index in [1.807, 2.05) is 31.2 Å². The summed E-state index contributed by atoms with van der Waals surface area (Å²) >= 11 is 0.997. The van der Waals surface area contributed by atoms with Gasteiger partial charge in [-0.15, -0.1) is 10.2 Å². The predicted octanol–water partition coefficient (Wildman–Crippen LogP) is 3.70. The van der Waals surface area contributed by atoms with Crippen molar-refractivity contribution in [3.63, 3.8) is 0 Å². The lowest BCUT2D eigenvalue weighted by Gasteiger charge is -2.11. The van der Waals surface area contributed by atoms with Crippen LogP contribution in [0.1, 0.15) is 12.5 Å². The third-order valence-electron chi connectivity index (χ3n) is 4.08. The van der Waals surface area contributed by atoms with E-state index in [9.17, 15) is 22.8 Å². The highest BCUT2D eigenvalue weighted by atomic mass is 32.2. The Labute approximate surface area is 179 Å². The highest BCUT2D eigenvalue weighted by molar-refractivity contribution is 8.00. The second kappa shape index (κ2) is 9.65. The molecule has 1 aromatic heterocycles. The molecule has 11 heteroatoms. The summed E-state index contributed by atoms with van der Waals surface area (Å²) in [5.41, 5.74) is 1.29. The minimum atomic E-state index is -1.70. The zero-order chi connectivity index (χ0) is 22.5. The van der Waals surface area contributed by atoms with E-state index in [0.29, 0.717) is 12.0 Å². The first-order chi connectivity index (χ1) is 14.7. The van der Waals surface area contributed by atoms with Crippen LogP contribution in [0.2, 0.25) is 0 Å². The molecule has 0 saturated heterocycles. The number of hydrogen-bond donors (Lipinski definition) is 2. The number of nitrogens with one attached hydrogen (secondary N) is 2. The van der Waals surface area contributed by atoms with Crippen molar-refractivity contribution < 1.29 is 27.2 Å². The predicted molar refractivity (Wildman–Crippen MR) is 108 cm³/mol. The Balaban J connectivity index is 1.51. The molecule has 162 valence electrons. The monoisotopic (exact) mass is 450 g/mol. The summed E-state index contributed by atoms with van der Waals surface area (Å²) in [7, 11) is 0. The first-order valence-corrected chi connectivity index (χ1v) is 9.91. The molecule has 0 aliphatic rings. The van der Waals surface area contributed by atoms with Crippen molar-refractivity contribution in [1.82, 2.24) is 15.5 Å². The molecule has 0 aliphatic carbocycles. The number of carbonyl (C=O) groups is 2. The summed E-state index contributed by atoms with van der Waals surface area (Å²) in [6.07, 6.45) is 0. The van der Waals surface area contributed by atoms with Crippen LogP contribution in [-0.2, 0) is 9.59 Å². The second-order valence-corrected chi connectivity index (χ2v) is 7.78. The Hall–Kier alpha value is -3.34. The quantitative estimate of drug-likeness (QED) is 0.421. The molecular weight excluding hydrogens is 433 g/mol. The van der Waals surface area contributed by atoms with E-state index in [1.165, 1.54) is 0 Å². The molecule has 0 radical (unpaired) electrons. The summed E-state index contributed by atoms with van der Waals surface area (Å²) < 4.78 is 45.3. The molecule has 1 heterocycles. The smallest absolute Gasteiger partial charge is 0.277 e. The molecule has 1 atom stereocenters. The third kappa shape index (κ3) is 5.63. The van der Waals surface area contributed by atoms with Crippen LogP contribution in [0.5, 0.6) is 0 Å². The standard InChI is InChI=1S/C20H17F3N4O3S/c1-10-3-5-12(6-4-10)19-26-27-20(30-19)31-11(2)18(29)24-9-15(28)25-14-8-7-13(21)16(22)17(14)23/h3-8,11H,9H2,1-2H3,(H,24,29)(H,25,28). The van der Waals surface area contributed by atoms with Gasteiger partial charge in [0.05, 0.1) is 17.5 Å². The molecule has 2 aromatic carbocycles. The van der Waals surface area contributed by atoms with Crippen LogP contribution in [0.4, 0.5) is 18.9 Å². The second-order valence-electron chi connectivity index (χ2n) is 6.49. The minimum Gasteiger partial charge on any atom is -0.411 e. The Morgan fingerprint density at radius 1 is 1.06 bits per heavy atom. The van der Waals surface area contributed by atoms with E-state index in [4.69, 9.17) is 4.42 Å². The number of rotatable bonds is 7. The van der Waals surface area contributed by atoms with E-state index >= 15 is 0 Å². The molecule has 1 unspecified atom stereocenters. The molecule has 0 bridgehead atoms. The number of hydrogen-bond acceptors (Lipinski definition) is 6. The van der Waals surface area contributed by atoms with E-state index in [1.54, 1.807) is 6.92 Å². The molecule has 0 saturated carbocycles. The number of amides is 2. The maximum absolute atomic E-state index is 13.6. The van der Waals surface area contributed by atoms with Gasteiger partial charge in [-0.05, 0) is 38.1 Å². The Kier molecular flexibility index (Phi) is 6.95. The zero-order valence-corrected chi connectivity index (χ0v) is 17.2. The Morgan fingerprint density at radius 2 is 1.77 bits per heavy atom. The molecule has 31 heavy (non-hydrogen) atoms. The van der Waals surface area contributed by atoms with Crippen LogP contribution in [0.3, 0.4) is 0 Å². The van der Waals surface area contributed by atoms with Crippen molar-refractivity contribution in [3.8, 4) is 11.5 Å². The van der Waals surface area contributed by atoms with Crippen molar-refractivity contribution in [1.29, 1.82) is 0 Å². The van der Waals surface area contributed by atoms with Crippen LogP contribution in [0.15, 0.2) is 46.0 Å². The van der Waals surface area contributed by atoms with E-state index in [2.05, 4.69) is 20.8 Å². The van der Waals surface area contributed by atoms with Gasteiger partial charge < -0.3 is 15.1 Å². The number of thioether (sulfide) groups is 1. The van der Waals surface area contributed by atoms with E-state index in [0.717, 1.165) is 29.0 Å². The molecule has 2 amide bonds. The molecule has 0 spiro atoms. The van der Waals surface area contributed by atoms with Crippen molar-refractivity contribution >= 4 is 29.3 Å². The number of aryl methyl sites for hydroxylation is 1. The van der Waals surface area contributed by atoms with Crippen molar-refractivity contribution in [2.75, 3.05) is 11.9 Å². The Bertz CT molecular complexity index is 1110. The van der Waals surface area contributed by atoms with Gasteiger partial charge >= 0.3 is 0 Å². The van der Waals surface area contributed by atoms with Gasteiger partial charge in [0, 0.05) is 5.56 Å². The van der Waals surface area contributed by atoms with Gasteiger partial charge in [-0.3, -0.25) is 9.59 Å². The van der Waals surface area contributed by atoms with Crippen molar-refractivity contribution in [2.45, 2.75) is 24.3 Å². The minimum absolute atomic E-state index is 0.173. The average molecular weight is 450 g/mol. The summed E-state index contributed by atoms with van der Waals surface area (Å²) in [6.45, 7) is 3.02. The van der Waals surface area contributed by atoms with Gasteiger partial charge in [-0.2, -0.15) is 0 Å². The lowest BCUT2D eigenvalue weighted by atomic mass is 10.1. The highest BCUT2D eigenvalue weighted by Gasteiger charge is 2.20. The third-order valence-corrected chi connectivity index (χ3v) is 5.02. The average Bonchev–Trinajstić information content (AvgIpc) is 3.21. The summed E-state index contributed by atoms with van der Waals surface area (Å²) in [6, 6.07) is 9.04. The van der Waals surface area contributed by atoms with Crippen LogP contribution >= 0.6 is 11.8 Å². The topological polar surface area (TPSA) is 97.1 Å². The number of halogens is 3. The number of nitrogens with zero attached hydrogens (tertiary/aromatic N) is 2. The number of carbonyl (C=O) groups excluding carboxylic acids is 2. The largest absolute Gasteiger partial charge is 0.411 e. The summed E-state index contributed by atoms with van der Waals surface area (Å²) in [5.74, 6) is -5.61. The lowest BCUT2D eigenvalue weighted by molar-refractivity contribution is -0.123. The van der Waals surface area contributed by atoms with Gasteiger partial charge in [0.25, 0.3) is 5.22 Å². The van der Waals surface area contributed by atoms with Gasteiger partial charge in [0.2, 0.25) is 17.7 Å². The van der Waals surface area contributed by atoms with Crippen molar-refractivity contribution in [3.05, 3.63) is 59.4 Å². The Morgan fingerprint density at radius 3 is 2.48 bits per heavy atom. The van der Waals surface area contributed by atoms with Gasteiger partial charge in [-0.25, -0.2) is 13.2 Å². The van der Waals surface area contributed by atoms with Crippen LogP contribution in [0, 0.1) is 24.4 Å². The first kappa shape index (κ1) is 22.3. The molecule has 3 rings (SSSR count). The summed E-state index contributed by atoms with van der Waals surface area (Å²) in [4.78, 5) is 24.1. The molecule has 2 N–H and O–H groups in total. The summed E-state index contributed by atoms with van der Waals surface area (Å²) in [5, 5.41) is 11.8. The fourth-order valence-corrected chi connectivity index (χ4v) is 3.11. The SMILES string of the molecule is Cc1ccc(-c2nnc(SC(C)C(=O)NCC(=O)Nc3ccc(F)c(F)c3F)o2)cc1. The first-order valence-electron chi connectivity index (χ1n) is 9.03. The zero-order valence-electron chi connectivity index (χ0n) is 16.4. The van der Waals surface area contributed by atoms with Gasteiger partial charge in [0.1, 0.15) is 0 Å². The molecule has 0 aliphatic heterocycles. The molecule has 0 fully saturated rings. The molecule has 7 nitrogen and oxygen atoms in total. The van der Waals surface area contributed by atoms with Crippen molar-refractivity contribution in [2.24, 2.45) is 0 Å². The lowest BCUT2D eigenvalue weighted by Crippen LogP contribution is -2.37. The molecular formula is C20H17F3N4O3S. The van der Waals surface area contributed by atoms with Crippen LogP contribution in [-0.4, -0.2) is 33.8 Å². The normalized spacial score (nSPS) is 11.8. The van der Waals surface area contributed by atoms with Gasteiger partial charge in [0.15, 0.2) is 17.5 Å². The fraction of sp³-hybridized carbons (Fsp3) is 0.200. The number of anilines is 1. The van der Waals surface area contributed by atoms with Crippen LogP contribution in [0.25, 0.3) is 11.5 Å². The fourth-order valence-electron chi connectivity index (χ4n) is 2.40. The maximum atomic E-state index is 13.6. The maximum Gasteiger partial charge on any atom is 0.277 e.